The van der Waals surface area contributed by atoms with E-state index < -0.39 is 0 Å². The van der Waals surface area contributed by atoms with Crippen molar-refractivity contribution in [2.45, 2.75) is 115 Å². The summed E-state index contributed by atoms with van der Waals surface area (Å²) < 4.78 is 17.8. The number of hydrogen-bond acceptors (Lipinski definition) is 8. The van der Waals surface area contributed by atoms with Gasteiger partial charge in [0.05, 0.1) is 17.3 Å². The van der Waals surface area contributed by atoms with E-state index in [4.69, 9.17) is 13.9 Å². The molecule has 230 valence electrons. The minimum absolute atomic E-state index is 0.105. The van der Waals surface area contributed by atoms with Crippen LogP contribution in [0.3, 0.4) is 0 Å². The van der Waals surface area contributed by atoms with Gasteiger partial charge in [0.1, 0.15) is 12.2 Å². The lowest BCUT2D eigenvalue weighted by Crippen LogP contribution is -2.59. The molecule has 3 heterocycles. The molecule has 0 spiro atoms. The molecular weight excluding hydrogens is 542 g/mol. The minimum atomic E-state index is -0.329. The van der Waals surface area contributed by atoms with Crippen molar-refractivity contribution in [1.29, 1.82) is 0 Å². The van der Waals surface area contributed by atoms with Crippen molar-refractivity contribution >= 4 is 11.9 Å². The number of hydrogen-bond donors (Lipinski definition) is 2. The first-order chi connectivity index (χ1) is 20.0. The number of aromatic nitrogens is 1. The Morgan fingerprint density at radius 1 is 0.651 bits per heavy atom. The second-order valence-electron chi connectivity index (χ2n) is 14.8. The quantitative estimate of drug-likeness (QED) is 0.299. The monoisotopic (exact) mass is 587 g/mol. The fourth-order valence-corrected chi connectivity index (χ4v) is 7.12. The van der Waals surface area contributed by atoms with Crippen LogP contribution in [0.1, 0.15) is 102 Å². The first-order valence-corrected chi connectivity index (χ1v) is 15.2. The molecule has 0 bridgehead atoms. The molecule has 2 aliphatic rings. The molecule has 43 heavy (non-hydrogen) atoms. The first kappa shape index (κ1) is 31.0. The average molecular weight is 588 g/mol. The predicted octanol–water partition coefficient (Wildman–Crippen LogP) is 6.94. The van der Waals surface area contributed by atoms with Gasteiger partial charge in [-0.2, -0.15) is 0 Å². The Hall–Kier alpha value is -3.49. The van der Waals surface area contributed by atoms with Crippen molar-refractivity contribution in [2.75, 3.05) is 0 Å². The Labute approximate surface area is 254 Å². The predicted molar refractivity (Wildman–Crippen MR) is 167 cm³/mol. The van der Waals surface area contributed by atoms with Crippen molar-refractivity contribution in [3.8, 4) is 22.8 Å². The van der Waals surface area contributed by atoms with Gasteiger partial charge in [-0.3, -0.25) is 0 Å². The van der Waals surface area contributed by atoms with E-state index in [2.05, 4.69) is 71.0 Å². The number of carbonyl (C=O) groups is 2. The number of rotatable bonds is 6. The van der Waals surface area contributed by atoms with Gasteiger partial charge in [-0.25, -0.2) is 14.6 Å². The molecular formula is C35H45N3O5. The van der Waals surface area contributed by atoms with Gasteiger partial charge in [-0.05, 0) is 91.8 Å². The second-order valence-corrected chi connectivity index (χ2v) is 14.8. The van der Waals surface area contributed by atoms with Gasteiger partial charge < -0.3 is 24.5 Å². The Morgan fingerprint density at radius 2 is 1.02 bits per heavy atom. The van der Waals surface area contributed by atoms with Gasteiger partial charge in [0.25, 0.3) is 0 Å². The molecule has 0 unspecified atom stereocenters. The Bertz CT molecular complexity index is 1330. The zero-order valence-corrected chi connectivity index (χ0v) is 26.7. The third kappa shape index (κ3) is 7.73. The van der Waals surface area contributed by atoms with Crippen molar-refractivity contribution in [3.05, 3.63) is 65.9 Å². The summed E-state index contributed by atoms with van der Waals surface area (Å²) in [5.74, 6) is 0.367. The third-order valence-corrected chi connectivity index (χ3v) is 8.13. The van der Waals surface area contributed by atoms with Gasteiger partial charge >= 0.3 is 11.9 Å². The zero-order chi connectivity index (χ0) is 31.2. The van der Waals surface area contributed by atoms with E-state index in [0.29, 0.717) is 22.8 Å². The van der Waals surface area contributed by atoms with Crippen LogP contribution in [0, 0.1) is 0 Å². The molecule has 0 atom stereocenters. The molecule has 0 amide bonds. The summed E-state index contributed by atoms with van der Waals surface area (Å²) in [5, 5.41) is 7.22. The third-order valence-electron chi connectivity index (χ3n) is 8.13. The summed E-state index contributed by atoms with van der Waals surface area (Å²) in [4.78, 5) is 30.2. The Balaban J connectivity index is 1.20. The van der Waals surface area contributed by atoms with Crippen LogP contribution in [-0.2, 0) is 9.47 Å². The minimum Gasteiger partial charge on any atom is -0.459 e. The van der Waals surface area contributed by atoms with E-state index in [1.54, 1.807) is 30.5 Å². The van der Waals surface area contributed by atoms with Crippen molar-refractivity contribution in [2.24, 2.45) is 0 Å². The summed E-state index contributed by atoms with van der Waals surface area (Å²) >= 11 is 0. The molecule has 3 aromatic rings. The molecule has 2 aromatic carbocycles. The Kier molecular flexibility index (Phi) is 8.07. The summed E-state index contributed by atoms with van der Waals surface area (Å²) in [5.41, 5.74) is 2.11. The summed E-state index contributed by atoms with van der Waals surface area (Å²) in [6.07, 6.45) is 4.41. The molecule has 2 fully saturated rings. The largest absolute Gasteiger partial charge is 0.459 e. The maximum absolute atomic E-state index is 12.9. The van der Waals surface area contributed by atoms with Gasteiger partial charge in [-0.1, -0.05) is 12.1 Å². The fourth-order valence-electron chi connectivity index (χ4n) is 7.12. The van der Waals surface area contributed by atoms with E-state index in [1.807, 2.05) is 24.3 Å². The van der Waals surface area contributed by atoms with Crippen LogP contribution in [0.5, 0.6) is 0 Å². The highest BCUT2D eigenvalue weighted by molar-refractivity contribution is 5.90. The molecule has 8 heteroatoms. The average Bonchev–Trinajstić information content (AvgIpc) is 3.35. The smallest absolute Gasteiger partial charge is 0.338 e. The van der Waals surface area contributed by atoms with Gasteiger partial charge in [0.15, 0.2) is 5.76 Å². The van der Waals surface area contributed by atoms with Crippen LogP contribution < -0.4 is 10.6 Å². The van der Waals surface area contributed by atoms with Crippen LogP contribution >= 0.6 is 0 Å². The normalized spacial score (nSPS) is 21.2. The number of piperidine rings is 2. The van der Waals surface area contributed by atoms with Crippen molar-refractivity contribution in [1.82, 2.24) is 15.6 Å². The van der Waals surface area contributed by atoms with Crippen LogP contribution in [0.25, 0.3) is 22.8 Å². The summed E-state index contributed by atoms with van der Waals surface area (Å²) in [6.45, 7) is 17.1. The maximum atomic E-state index is 12.9. The standard InChI is InChI=1S/C35H45N3O5/c1-32(2)17-26(18-33(3,4)37-32)41-30(39)24-13-9-22(10-14-24)28-21-36-29(43-28)23-11-15-25(16-12-23)31(40)42-27-19-34(5,6)38-35(7,8)20-27/h9-16,21,26-27,37-38H,17-20H2,1-8H3. The first-order valence-electron chi connectivity index (χ1n) is 15.2. The molecule has 2 saturated heterocycles. The number of nitrogens with zero attached hydrogens (tertiary/aromatic N) is 1. The molecule has 1 aromatic heterocycles. The second kappa shape index (κ2) is 11.2. The number of benzene rings is 2. The summed E-state index contributed by atoms with van der Waals surface area (Å²) in [6, 6.07) is 14.3. The van der Waals surface area contributed by atoms with Gasteiger partial charge in [0, 0.05) is 59.0 Å². The lowest BCUT2D eigenvalue weighted by Gasteiger charge is -2.45. The van der Waals surface area contributed by atoms with Crippen LogP contribution in [0.15, 0.2) is 59.1 Å². The van der Waals surface area contributed by atoms with Gasteiger partial charge in [-0.15, -0.1) is 0 Å². The molecule has 8 nitrogen and oxygen atoms in total. The summed E-state index contributed by atoms with van der Waals surface area (Å²) in [7, 11) is 0. The fraction of sp³-hybridized carbons (Fsp3) is 0.514. The molecule has 2 N–H and O–H groups in total. The molecule has 2 aliphatic heterocycles. The van der Waals surface area contributed by atoms with E-state index in [0.717, 1.165) is 36.8 Å². The molecule has 0 aliphatic carbocycles. The SMILES string of the molecule is CC1(C)CC(OC(=O)c2ccc(-c3cnc(-c4ccc(C(=O)OC5CC(C)(C)NC(C)(C)C5)cc4)o3)cc2)CC(C)(C)N1. The van der Waals surface area contributed by atoms with E-state index in [9.17, 15) is 9.59 Å². The lowest BCUT2D eigenvalue weighted by atomic mass is 9.81. The highest BCUT2D eigenvalue weighted by Gasteiger charge is 2.40. The van der Waals surface area contributed by atoms with Crippen molar-refractivity contribution in [3.63, 3.8) is 0 Å². The van der Waals surface area contributed by atoms with Crippen LogP contribution in [0.2, 0.25) is 0 Å². The number of esters is 2. The number of ether oxygens (including phenoxy) is 2. The number of nitrogens with one attached hydrogen (secondary N) is 2. The van der Waals surface area contributed by atoms with E-state index in [1.165, 1.54) is 0 Å². The molecule has 0 radical (unpaired) electrons. The molecule has 5 rings (SSSR count). The topological polar surface area (TPSA) is 103 Å². The van der Waals surface area contributed by atoms with E-state index >= 15 is 0 Å². The lowest BCUT2D eigenvalue weighted by molar-refractivity contribution is -0.00765. The van der Waals surface area contributed by atoms with E-state index in [-0.39, 0.29) is 46.3 Å². The van der Waals surface area contributed by atoms with Crippen LogP contribution in [-0.4, -0.2) is 51.3 Å². The van der Waals surface area contributed by atoms with Gasteiger partial charge in [0.2, 0.25) is 5.89 Å². The highest BCUT2D eigenvalue weighted by atomic mass is 16.5. The molecule has 0 saturated carbocycles. The van der Waals surface area contributed by atoms with Crippen LogP contribution in [0.4, 0.5) is 0 Å². The number of carbonyl (C=O) groups excluding carboxylic acids is 2. The Morgan fingerprint density at radius 3 is 1.42 bits per heavy atom. The number of oxazole rings is 1. The highest BCUT2D eigenvalue weighted by Crippen LogP contribution is 2.33. The van der Waals surface area contributed by atoms with Crippen molar-refractivity contribution < 1.29 is 23.5 Å². The maximum Gasteiger partial charge on any atom is 0.338 e. The zero-order valence-electron chi connectivity index (χ0n) is 26.7.